The van der Waals surface area contributed by atoms with Crippen molar-refractivity contribution >= 4 is 37.7 Å². The summed E-state index contributed by atoms with van der Waals surface area (Å²) in [5, 5.41) is 2.88. The molecule has 1 amide bonds. The minimum absolute atomic E-state index is 0.0466. The predicted molar refractivity (Wildman–Crippen MR) is 146 cm³/mol. The van der Waals surface area contributed by atoms with Crippen molar-refractivity contribution in [1.29, 1.82) is 0 Å². The molecule has 0 bridgehead atoms. The van der Waals surface area contributed by atoms with E-state index in [1.54, 1.807) is 0 Å². The molecule has 210 valence electrons. The van der Waals surface area contributed by atoms with Gasteiger partial charge < -0.3 is 10.2 Å². The van der Waals surface area contributed by atoms with E-state index in [-0.39, 0.29) is 17.9 Å². The Morgan fingerprint density at radius 2 is 1.46 bits per heavy atom. The Hall–Kier alpha value is -3.36. The van der Waals surface area contributed by atoms with E-state index < -0.39 is 38.2 Å². The van der Waals surface area contributed by atoms with Crippen LogP contribution in [0.5, 0.6) is 0 Å². The molecule has 13 heteroatoms. The van der Waals surface area contributed by atoms with Gasteiger partial charge in [-0.2, -0.15) is 12.7 Å². The maximum atomic E-state index is 13.5. The van der Waals surface area contributed by atoms with Crippen LogP contribution in [0.2, 0.25) is 0 Å². The molecule has 1 aliphatic rings. The molecule has 0 saturated heterocycles. The lowest BCUT2D eigenvalue weighted by Gasteiger charge is -2.35. The van der Waals surface area contributed by atoms with E-state index in [9.17, 15) is 17.6 Å². The van der Waals surface area contributed by atoms with Gasteiger partial charge in [-0.1, -0.05) is 24.3 Å². The molecule has 1 atom stereocenters. The smallest absolute Gasteiger partial charge is 0.372 e. The van der Waals surface area contributed by atoms with Gasteiger partial charge in [-0.05, 0) is 79.9 Å². The van der Waals surface area contributed by atoms with Crippen LogP contribution in [0.25, 0.3) is 0 Å². The van der Waals surface area contributed by atoms with Crippen LogP contribution in [0, 0.1) is 5.82 Å². The quantitative estimate of drug-likeness (QED) is 0.359. The summed E-state index contributed by atoms with van der Waals surface area (Å²) in [5.74, 6) is -0.929. The zero-order valence-electron chi connectivity index (χ0n) is 21.4. The summed E-state index contributed by atoms with van der Waals surface area (Å²) in [6, 6.07) is 18.8. The molecule has 0 aromatic heterocycles. The van der Waals surface area contributed by atoms with E-state index in [4.69, 9.17) is 17.5 Å². The van der Waals surface area contributed by atoms with E-state index >= 15 is 0 Å². The lowest BCUT2D eigenvalue weighted by molar-refractivity contribution is -0.120. The van der Waals surface area contributed by atoms with Crippen molar-refractivity contribution in [2.75, 3.05) is 23.3 Å². The van der Waals surface area contributed by atoms with Crippen molar-refractivity contribution in [2.45, 2.75) is 37.8 Å². The van der Waals surface area contributed by atoms with E-state index in [1.165, 1.54) is 16.4 Å². The highest BCUT2D eigenvalue weighted by molar-refractivity contribution is 7.89. The van der Waals surface area contributed by atoms with E-state index in [0.717, 1.165) is 42.0 Å². The van der Waals surface area contributed by atoms with Gasteiger partial charge in [0.2, 0.25) is 15.9 Å². The molecule has 4 rings (SSSR count). The summed E-state index contributed by atoms with van der Waals surface area (Å²) >= 11 is 0. The molecule has 1 heterocycles. The highest BCUT2D eigenvalue weighted by atomic mass is 32.3. The van der Waals surface area contributed by atoms with Crippen LogP contribution in [-0.4, -0.2) is 55.3 Å². The molecule has 3 aromatic rings. The third-order valence-corrected chi connectivity index (χ3v) is 8.06. The average Bonchev–Trinajstić information content (AvgIpc) is 2.89. The Kier molecular flexibility index (Phi) is 9.80. The van der Waals surface area contributed by atoms with Gasteiger partial charge >= 0.3 is 10.4 Å². The first kappa shape index (κ1) is 30.2. The Bertz CT molecular complexity index is 1490. The number of hydrogen-bond donors (Lipinski definition) is 3. The van der Waals surface area contributed by atoms with Gasteiger partial charge in [0.1, 0.15) is 11.9 Å². The fourth-order valence-corrected chi connectivity index (χ4v) is 5.85. The zero-order valence-corrected chi connectivity index (χ0v) is 23.0. The number of halogens is 1. The number of amides is 1. The molecule has 0 radical (unpaired) electrons. The molecular formula is C26H30FN3O7S2. The molecule has 0 aliphatic carbocycles. The Morgan fingerprint density at radius 3 is 2.00 bits per heavy atom. The predicted octanol–water partition coefficient (Wildman–Crippen LogP) is 3.77. The summed E-state index contributed by atoms with van der Waals surface area (Å²) in [5.41, 5.74) is 3.43. The second kappa shape index (κ2) is 12.7. The number of sulfonamides is 1. The van der Waals surface area contributed by atoms with Crippen molar-refractivity contribution in [3.8, 4) is 0 Å². The number of hydrogen-bond acceptors (Lipinski definition) is 6. The van der Waals surface area contributed by atoms with Crippen LogP contribution in [-0.2, 0) is 38.2 Å². The first-order valence-corrected chi connectivity index (χ1v) is 14.9. The lowest BCUT2D eigenvalue weighted by atomic mass is 9.95. The molecule has 1 aliphatic heterocycles. The highest BCUT2D eigenvalue weighted by Gasteiger charge is 2.39. The number of anilines is 2. The van der Waals surface area contributed by atoms with Crippen LogP contribution in [0.3, 0.4) is 0 Å². The van der Waals surface area contributed by atoms with Gasteiger partial charge in [0.05, 0.1) is 4.90 Å². The van der Waals surface area contributed by atoms with Gasteiger partial charge in [-0.3, -0.25) is 13.9 Å². The molecule has 0 saturated carbocycles. The number of rotatable bonds is 7. The molecule has 1 unspecified atom stereocenters. The summed E-state index contributed by atoms with van der Waals surface area (Å²) < 4.78 is 73.2. The van der Waals surface area contributed by atoms with Gasteiger partial charge in [0.25, 0.3) is 0 Å². The van der Waals surface area contributed by atoms with Crippen molar-refractivity contribution in [1.82, 2.24) is 4.31 Å². The Balaban J connectivity index is 0.000000771. The standard InChI is InChI=1S/C26H28FN3O3S.H2O4S/c1-3-29(4-2)23-13-11-22(12-14-23)28-26(31)25-17-19-7-5-6-8-20(19)18-30(25)34(32,33)24-15-9-21(27)10-16-24;1-5(2,3)4/h5-16,25H,3-4,17-18H2,1-2H3,(H,28,31);(H2,1,2,3,4). The van der Waals surface area contributed by atoms with Crippen molar-refractivity contribution in [3.63, 3.8) is 0 Å². The highest BCUT2D eigenvalue weighted by Crippen LogP contribution is 2.30. The maximum Gasteiger partial charge on any atom is 0.394 e. The SMILES string of the molecule is CCN(CC)c1ccc(NC(=O)C2Cc3ccccc3CN2S(=O)(=O)c2ccc(F)cc2)cc1.O=S(=O)(O)O. The molecule has 3 aromatic carbocycles. The average molecular weight is 580 g/mol. The number of carbonyl (C=O) groups is 1. The number of nitrogens with one attached hydrogen (secondary N) is 1. The summed E-state index contributed by atoms with van der Waals surface area (Å²) in [4.78, 5) is 15.5. The van der Waals surface area contributed by atoms with Gasteiger partial charge in [0.15, 0.2) is 0 Å². The molecular weight excluding hydrogens is 549 g/mol. The van der Waals surface area contributed by atoms with E-state index in [0.29, 0.717) is 5.69 Å². The fraction of sp³-hybridized carbons (Fsp3) is 0.269. The molecule has 0 fully saturated rings. The monoisotopic (exact) mass is 579 g/mol. The van der Waals surface area contributed by atoms with E-state index in [2.05, 4.69) is 24.1 Å². The molecule has 10 nitrogen and oxygen atoms in total. The number of nitrogens with zero attached hydrogens (tertiary/aromatic N) is 2. The first-order valence-electron chi connectivity index (χ1n) is 12.0. The Morgan fingerprint density at radius 1 is 0.923 bits per heavy atom. The first-order chi connectivity index (χ1) is 18.3. The molecule has 3 N–H and O–H groups in total. The van der Waals surface area contributed by atoms with Crippen molar-refractivity contribution in [2.24, 2.45) is 0 Å². The third kappa shape index (κ3) is 8.07. The summed E-state index contributed by atoms with van der Waals surface area (Å²) in [7, 11) is -8.70. The third-order valence-electron chi connectivity index (χ3n) is 6.19. The van der Waals surface area contributed by atoms with Crippen molar-refractivity contribution < 1.29 is 35.1 Å². The number of benzene rings is 3. The van der Waals surface area contributed by atoms with Crippen molar-refractivity contribution in [3.05, 3.63) is 89.7 Å². The van der Waals surface area contributed by atoms with E-state index in [1.807, 2.05) is 48.5 Å². The zero-order chi connectivity index (χ0) is 28.8. The normalized spacial score (nSPS) is 15.5. The summed E-state index contributed by atoms with van der Waals surface area (Å²) in [6.45, 7) is 5.97. The second-order valence-corrected chi connectivity index (χ2v) is 11.4. The maximum absolute atomic E-state index is 13.5. The second-order valence-electron chi connectivity index (χ2n) is 8.65. The fourth-order valence-electron chi connectivity index (χ4n) is 4.29. The summed E-state index contributed by atoms with van der Waals surface area (Å²) in [6.07, 6.45) is 0.250. The minimum atomic E-state index is -4.67. The van der Waals surface area contributed by atoms with Crippen LogP contribution in [0.15, 0.2) is 77.7 Å². The topological polar surface area (TPSA) is 144 Å². The number of carbonyl (C=O) groups excluding carboxylic acids is 1. The number of fused-ring (bicyclic) bond motifs is 1. The Labute approximate surface area is 227 Å². The lowest BCUT2D eigenvalue weighted by Crippen LogP contribution is -2.50. The minimum Gasteiger partial charge on any atom is -0.372 e. The van der Waals surface area contributed by atoms with Crippen LogP contribution >= 0.6 is 0 Å². The van der Waals surface area contributed by atoms with Crippen LogP contribution in [0.1, 0.15) is 25.0 Å². The van der Waals surface area contributed by atoms with Crippen LogP contribution < -0.4 is 10.2 Å². The van der Waals surface area contributed by atoms with Gasteiger partial charge in [-0.15, -0.1) is 0 Å². The molecule has 0 spiro atoms. The van der Waals surface area contributed by atoms with Crippen LogP contribution in [0.4, 0.5) is 15.8 Å². The largest absolute Gasteiger partial charge is 0.394 e. The molecule has 39 heavy (non-hydrogen) atoms. The van der Waals surface area contributed by atoms with Gasteiger partial charge in [-0.25, -0.2) is 12.8 Å². The van der Waals surface area contributed by atoms with Gasteiger partial charge in [0, 0.05) is 31.0 Å².